The third-order valence-corrected chi connectivity index (χ3v) is 10.6. The van der Waals surface area contributed by atoms with Crippen LogP contribution in [0.4, 0.5) is 0 Å². The second kappa shape index (κ2) is 9.42. The average molecular weight is 295 g/mol. The molecule has 1 nitrogen and oxygen atoms in total. The van der Waals surface area contributed by atoms with Crippen molar-refractivity contribution in [1.29, 1.82) is 0 Å². The van der Waals surface area contributed by atoms with Gasteiger partial charge in [0.05, 0.1) is 6.10 Å². The Hall–Kier alpha value is -0.523. The van der Waals surface area contributed by atoms with Crippen molar-refractivity contribution in [3.05, 3.63) is 12.2 Å². The summed E-state index contributed by atoms with van der Waals surface area (Å²) in [5.41, 5.74) is 5.75. The van der Waals surface area contributed by atoms with Crippen LogP contribution in [0.1, 0.15) is 61.8 Å². The molecule has 0 bridgehead atoms. The Morgan fingerprint density at radius 3 is 1.85 bits per heavy atom. The van der Waals surface area contributed by atoms with Crippen LogP contribution in [0.15, 0.2) is 12.2 Å². The summed E-state index contributed by atoms with van der Waals surface area (Å²) in [7, 11) is -1.58. The molecule has 0 radical (unpaired) electrons. The second-order valence-corrected chi connectivity index (χ2v) is 12.1. The lowest BCUT2D eigenvalue weighted by atomic mass is 10.3. The molecular formula is C18H34OSi. The smallest absolute Gasteiger partial charge is 0.146 e. The van der Waals surface area contributed by atoms with E-state index in [1.165, 1.54) is 0 Å². The Balaban J connectivity index is 4.78. The highest BCUT2D eigenvalue weighted by molar-refractivity contribution is 6.90. The van der Waals surface area contributed by atoms with Crippen LogP contribution in [0.3, 0.4) is 0 Å². The summed E-state index contributed by atoms with van der Waals surface area (Å²) in [6.07, 6.45) is 5.48. The van der Waals surface area contributed by atoms with Gasteiger partial charge in [0, 0.05) is 0 Å². The first kappa shape index (κ1) is 19.5. The molecular weight excluding hydrogens is 260 g/mol. The van der Waals surface area contributed by atoms with E-state index in [9.17, 15) is 0 Å². The predicted octanol–water partition coefficient (Wildman–Crippen LogP) is 5.58. The lowest BCUT2D eigenvalue weighted by molar-refractivity contribution is 0.127. The molecule has 0 rings (SSSR count). The second-order valence-electron chi connectivity index (χ2n) is 6.55. The van der Waals surface area contributed by atoms with E-state index in [0.29, 0.717) is 23.2 Å². The summed E-state index contributed by atoms with van der Waals surface area (Å²) in [5, 5.41) is 0. The van der Waals surface area contributed by atoms with Crippen LogP contribution in [0.2, 0.25) is 16.6 Å². The van der Waals surface area contributed by atoms with Crippen LogP contribution in [0.5, 0.6) is 0 Å². The standard InChI is InChI=1S/C18H34OSi/c1-9-10-12-18(8)19-13-11-14-20(15(2)3,16(4)5)17(6)7/h10,12,15-18H,9,13H2,1-8H3/b12-10-/t18-/m1/s1. The molecule has 2 heteroatoms. The van der Waals surface area contributed by atoms with Gasteiger partial charge in [0.2, 0.25) is 0 Å². The summed E-state index contributed by atoms with van der Waals surface area (Å²) in [5.74, 6) is 3.33. The number of allylic oxidation sites excluding steroid dienone is 1. The van der Waals surface area contributed by atoms with Gasteiger partial charge in [-0.05, 0) is 30.0 Å². The molecule has 20 heavy (non-hydrogen) atoms. The first-order valence-electron chi connectivity index (χ1n) is 8.07. The Labute approximate surface area is 128 Å². The van der Waals surface area contributed by atoms with Gasteiger partial charge in [0.1, 0.15) is 14.7 Å². The van der Waals surface area contributed by atoms with E-state index in [1.54, 1.807) is 0 Å². The SMILES string of the molecule is CC/C=C\[C@@H](C)OCC#C[Si](C(C)C)(C(C)C)C(C)C. The van der Waals surface area contributed by atoms with Gasteiger partial charge in [0.25, 0.3) is 0 Å². The first-order chi connectivity index (χ1) is 9.28. The fourth-order valence-electron chi connectivity index (χ4n) is 3.18. The van der Waals surface area contributed by atoms with Crippen LogP contribution in [0, 0.1) is 11.5 Å². The largest absolute Gasteiger partial charge is 0.362 e. The molecule has 0 N–H and O–H groups in total. The fraction of sp³-hybridized carbons (Fsp3) is 0.778. The molecule has 0 spiro atoms. The van der Waals surface area contributed by atoms with Crippen molar-refractivity contribution in [2.24, 2.45) is 0 Å². The van der Waals surface area contributed by atoms with Crippen molar-refractivity contribution in [2.45, 2.75) is 84.5 Å². The van der Waals surface area contributed by atoms with Crippen molar-refractivity contribution in [1.82, 2.24) is 0 Å². The molecule has 0 aliphatic rings. The highest BCUT2D eigenvalue weighted by Gasteiger charge is 2.41. The molecule has 1 atom stereocenters. The van der Waals surface area contributed by atoms with Gasteiger partial charge in [-0.25, -0.2) is 0 Å². The van der Waals surface area contributed by atoms with Crippen molar-refractivity contribution >= 4 is 8.07 Å². The molecule has 0 aliphatic carbocycles. The molecule has 0 heterocycles. The van der Waals surface area contributed by atoms with Gasteiger partial charge < -0.3 is 4.74 Å². The van der Waals surface area contributed by atoms with Gasteiger partial charge >= 0.3 is 0 Å². The van der Waals surface area contributed by atoms with E-state index in [-0.39, 0.29) is 6.10 Å². The number of ether oxygens (including phenoxy) is 1. The predicted molar refractivity (Wildman–Crippen MR) is 93.7 cm³/mol. The summed E-state index contributed by atoms with van der Waals surface area (Å²) in [4.78, 5) is 0. The lowest BCUT2D eigenvalue weighted by Crippen LogP contribution is -2.43. The molecule has 0 aromatic heterocycles. The molecule has 0 saturated heterocycles. The van der Waals surface area contributed by atoms with Gasteiger partial charge in [0.15, 0.2) is 0 Å². The van der Waals surface area contributed by atoms with Crippen LogP contribution < -0.4 is 0 Å². The third-order valence-electron chi connectivity index (χ3n) is 4.23. The van der Waals surface area contributed by atoms with E-state index in [2.05, 4.69) is 79.0 Å². The van der Waals surface area contributed by atoms with E-state index < -0.39 is 8.07 Å². The van der Waals surface area contributed by atoms with Crippen LogP contribution in [-0.2, 0) is 4.74 Å². The topological polar surface area (TPSA) is 9.23 Å². The third kappa shape index (κ3) is 5.46. The number of hydrogen-bond acceptors (Lipinski definition) is 1. The summed E-state index contributed by atoms with van der Waals surface area (Å²) >= 11 is 0. The molecule has 0 aromatic carbocycles. The minimum Gasteiger partial charge on any atom is -0.362 e. The van der Waals surface area contributed by atoms with Gasteiger partial charge in [-0.3, -0.25) is 0 Å². The van der Waals surface area contributed by atoms with Crippen LogP contribution >= 0.6 is 0 Å². The minimum absolute atomic E-state index is 0.164. The van der Waals surface area contributed by atoms with Crippen molar-refractivity contribution in [3.8, 4) is 11.5 Å². The normalized spacial score (nSPS) is 14.2. The molecule has 0 aromatic rings. The van der Waals surface area contributed by atoms with E-state index in [1.807, 2.05) is 0 Å². The monoisotopic (exact) mass is 294 g/mol. The van der Waals surface area contributed by atoms with Crippen molar-refractivity contribution in [3.63, 3.8) is 0 Å². The highest BCUT2D eigenvalue weighted by atomic mass is 28.3. The van der Waals surface area contributed by atoms with Crippen molar-refractivity contribution < 1.29 is 4.74 Å². The minimum atomic E-state index is -1.58. The zero-order valence-corrected chi connectivity index (χ0v) is 15.8. The quantitative estimate of drug-likeness (QED) is 0.338. The number of hydrogen-bond donors (Lipinski definition) is 0. The average Bonchev–Trinajstić information content (AvgIpc) is 2.34. The highest BCUT2D eigenvalue weighted by Crippen LogP contribution is 2.40. The van der Waals surface area contributed by atoms with Gasteiger partial charge in [-0.1, -0.05) is 66.5 Å². The first-order valence-corrected chi connectivity index (χ1v) is 10.3. The molecule has 0 aliphatic heterocycles. The Morgan fingerprint density at radius 2 is 1.45 bits per heavy atom. The lowest BCUT2D eigenvalue weighted by Gasteiger charge is -2.38. The molecule has 116 valence electrons. The summed E-state index contributed by atoms with van der Waals surface area (Å²) < 4.78 is 5.74. The van der Waals surface area contributed by atoms with E-state index >= 15 is 0 Å². The number of rotatable bonds is 7. The maximum atomic E-state index is 5.74. The Morgan fingerprint density at radius 1 is 0.950 bits per heavy atom. The molecule has 0 saturated carbocycles. The molecule has 0 amide bonds. The molecule has 0 unspecified atom stereocenters. The zero-order valence-electron chi connectivity index (χ0n) is 14.8. The van der Waals surface area contributed by atoms with Gasteiger partial charge in [-0.2, -0.15) is 0 Å². The van der Waals surface area contributed by atoms with E-state index in [0.717, 1.165) is 6.42 Å². The zero-order chi connectivity index (χ0) is 15.8. The Kier molecular flexibility index (Phi) is 9.17. The van der Waals surface area contributed by atoms with Gasteiger partial charge in [-0.15, -0.1) is 5.54 Å². The molecule has 0 fully saturated rings. The van der Waals surface area contributed by atoms with Crippen LogP contribution in [-0.4, -0.2) is 20.8 Å². The van der Waals surface area contributed by atoms with E-state index in [4.69, 9.17) is 4.74 Å². The summed E-state index contributed by atoms with van der Waals surface area (Å²) in [6.45, 7) is 18.8. The van der Waals surface area contributed by atoms with Crippen LogP contribution in [0.25, 0.3) is 0 Å². The summed E-state index contributed by atoms with van der Waals surface area (Å²) in [6, 6.07) is 0. The fourth-order valence-corrected chi connectivity index (χ4v) is 8.42. The maximum Gasteiger partial charge on any atom is 0.146 e. The maximum absolute atomic E-state index is 5.74. The Bertz CT molecular complexity index is 322. The van der Waals surface area contributed by atoms with Crippen molar-refractivity contribution in [2.75, 3.05) is 6.61 Å².